The maximum Gasteiger partial charge on any atom is 0.249 e. The number of rotatable bonds is 5. The molecule has 29 heavy (non-hydrogen) atoms. The Labute approximate surface area is 171 Å². The van der Waals surface area contributed by atoms with Gasteiger partial charge in [-0.1, -0.05) is 67.0 Å². The van der Waals surface area contributed by atoms with E-state index < -0.39 is 0 Å². The number of hydrogen-bond donors (Lipinski definition) is 0. The summed E-state index contributed by atoms with van der Waals surface area (Å²) in [6.45, 7) is 9.03. The van der Waals surface area contributed by atoms with Crippen LogP contribution in [0.1, 0.15) is 66.8 Å². The molecule has 1 atom stereocenters. The number of likely N-dealkylation sites (tertiary alicyclic amines) is 1. The minimum Gasteiger partial charge on any atom is -0.337 e. The third-order valence-corrected chi connectivity index (χ3v) is 5.68. The zero-order valence-electron chi connectivity index (χ0n) is 17.5. The van der Waals surface area contributed by atoms with Gasteiger partial charge in [-0.15, -0.1) is 0 Å². The monoisotopic (exact) mass is 389 g/mol. The molecule has 1 unspecified atom stereocenters. The predicted octanol–water partition coefficient (Wildman–Crippen LogP) is 5.34. The molecule has 0 bridgehead atoms. The van der Waals surface area contributed by atoms with Crippen LogP contribution in [0.4, 0.5) is 0 Å². The van der Waals surface area contributed by atoms with Crippen molar-refractivity contribution in [2.24, 2.45) is 0 Å². The fraction of sp³-hybridized carbons (Fsp3) is 0.375. The average molecular weight is 389 g/mol. The first kappa shape index (κ1) is 19.4. The highest BCUT2D eigenvalue weighted by Gasteiger charge is 2.36. The minimum atomic E-state index is -0.167. The highest BCUT2D eigenvalue weighted by atomic mass is 16.5. The van der Waals surface area contributed by atoms with Crippen LogP contribution in [0.2, 0.25) is 0 Å². The third kappa shape index (κ3) is 3.95. The van der Waals surface area contributed by atoms with Crippen molar-refractivity contribution in [2.75, 3.05) is 0 Å². The highest BCUT2D eigenvalue weighted by molar-refractivity contribution is 5.79. The molecule has 1 aliphatic rings. The van der Waals surface area contributed by atoms with Crippen LogP contribution in [0.3, 0.4) is 0 Å². The quantitative estimate of drug-likeness (QED) is 0.591. The van der Waals surface area contributed by atoms with Gasteiger partial charge in [0.2, 0.25) is 17.6 Å². The molecule has 4 rings (SSSR count). The molecule has 0 aliphatic carbocycles. The molecule has 0 radical (unpaired) electrons. The van der Waals surface area contributed by atoms with Gasteiger partial charge in [0.15, 0.2) is 0 Å². The topological polar surface area (TPSA) is 59.2 Å². The Kier molecular flexibility index (Phi) is 5.22. The number of benzene rings is 2. The van der Waals surface area contributed by atoms with Crippen molar-refractivity contribution >= 4 is 5.91 Å². The van der Waals surface area contributed by atoms with Gasteiger partial charge in [-0.05, 0) is 42.9 Å². The SMILES string of the molecule is Cc1ccc(-c2noc(C3CCC(=O)N3Cc3ccc(C(C)C)cc3)n2)c(C)c1. The van der Waals surface area contributed by atoms with Gasteiger partial charge in [0, 0.05) is 18.5 Å². The second kappa shape index (κ2) is 7.82. The van der Waals surface area contributed by atoms with Gasteiger partial charge in [0.25, 0.3) is 0 Å². The van der Waals surface area contributed by atoms with Gasteiger partial charge in [-0.25, -0.2) is 0 Å². The molecule has 3 aromatic rings. The molecule has 1 aliphatic heterocycles. The first-order valence-electron chi connectivity index (χ1n) is 10.2. The van der Waals surface area contributed by atoms with Crippen LogP contribution >= 0.6 is 0 Å². The Balaban J connectivity index is 1.56. The molecule has 1 amide bonds. The van der Waals surface area contributed by atoms with Crippen LogP contribution in [0, 0.1) is 13.8 Å². The number of aryl methyl sites for hydroxylation is 2. The molecule has 5 heteroatoms. The van der Waals surface area contributed by atoms with Gasteiger partial charge in [0.1, 0.15) is 6.04 Å². The van der Waals surface area contributed by atoms with Crippen molar-refractivity contribution in [3.05, 3.63) is 70.6 Å². The second-order valence-electron chi connectivity index (χ2n) is 8.25. The lowest BCUT2D eigenvalue weighted by atomic mass is 10.0. The van der Waals surface area contributed by atoms with E-state index in [0.717, 1.165) is 16.7 Å². The zero-order chi connectivity index (χ0) is 20.5. The lowest BCUT2D eigenvalue weighted by Crippen LogP contribution is -2.27. The van der Waals surface area contributed by atoms with E-state index in [1.165, 1.54) is 11.1 Å². The van der Waals surface area contributed by atoms with Crippen LogP contribution in [-0.2, 0) is 11.3 Å². The number of amides is 1. The molecular weight excluding hydrogens is 362 g/mol. The van der Waals surface area contributed by atoms with Crippen molar-refractivity contribution in [3.63, 3.8) is 0 Å². The van der Waals surface area contributed by atoms with Gasteiger partial charge in [-0.3, -0.25) is 4.79 Å². The van der Waals surface area contributed by atoms with Crippen LogP contribution in [0.25, 0.3) is 11.4 Å². The number of aromatic nitrogens is 2. The number of nitrogens with zero attached hydrogens (tertiary/aromatic N) is 3. The molecule has 0 saturated carbocycles. The predicted molar refractivity (Wildman–Crippen MR) is 112 cm³/mol. The Bertz CT molecular complexity index is 1020. The summed E-state index contributed by atoms with van der Waals surface area (Å²) in [5, 5.41) is 4.19. The summed E-state index contributed by atoms with van der Waals surface area (Å²) in [7, 11) is 0. The van der Waals surface area contributed by atoms with Gasteiger partial charge >= 0.3 is 0 Å². The van der Waals surface area contributed by atoms with Crippen molar-refractivity contribution in [1.29, 1.82) is 0 Å². The second-order valence-corrected chi connectivity index (χ2v) is 8.25. The summed E-state index contributed by atoms with van der Waals surface area (Å²) in [6, 6.07) is 14.5. The molecule has 2 aromatic carbocycles. The van der Waals surface area contributed by atoms with Crippen molar-refractivity contribution in [3.8, 4) is 11.4 Å². The Morgan fingerprint density at radius 1 is 1.14 bits per heavy atom. The molecule has 5 nitrogen and oxygen atoms in total. The molecule has 0 spiro atoms. The molecule has 1 aromatic heterocycles. The Morgan fingerprint density at radius 2 is 1.90 bits per heavy atom. The lowest BCUT2D eigenvalue weighted by Gasteiger charge is -2.22. The summed E-state index contributed by atoms with van der Waals surface area (Å²) in [5.41, 5.74) is 5.69. The molecule has 150 valence electrons. The van der Waals surface area contributed by atoms with Crippen molar-refractivity contribution in [2.45, 2.75) is 59.0 Å². The van der Waals surface area contributed by atoms with Crippen LogP contribution < -0.4 is 0 Å². The molecule has 2 heterocycles. The van der Waals surface area contributed by atoms with Gasteiger partial charge in [-0.2, -0.15) is 4.98 Å². The summed E-state index contributed by atoms with van der Waals surface area (Å²) in [4.78, 5) is 19.1. The van der Waals surface area contributed by atoms with Crippen LogP contribution in [-0.4, -0.2) is 20.9 Å². The Hall–Kier alpha value is -2.95. The zero-order valence-corrected chi connectivity index (χ0v) is 17.5. The maximum atomic E-state index is 12.5. The Morgan fingerprint density at radius 3 is 2.59 bits per heavy atom. The normalized spacial score (nSPS) is 16.8. The van der Waals surface area contributed by atoms with E-state index in [1.54, 1.807) is 0 Å². The van der Waals surface area contributed by atoms with Crippen molar-refractivity contribution < 1.29 is 9.32 Å². The van der Waals surface area contributed by atoms with E-state index in [-0.39, 0.29) is 11.9 Å². The largest absolute Gasteiger partial charge is 0.337 e. The molecule has 1 fully saturated rings. The van der Waals surface area contributed by atoms with Gasteiger partial charge in [0.05, 0.1) is 0 Å². The van der Waals surface area contributed by atoms with E-state index in [9.17, 15) is 4.79 Å². The maximum absolute atomic E-state index is 12.5. The van der Waals surface area contributed by atoms with Gasteiger partial charge < -0.3 is 9.42 Å². The number of carbonyl (C=O) groups is 1. The van der Waals surface area contributed by atoms with E-state index in [1.807, 2.05) is 24.0 Å². The van der Waals surface area contributed by atoms with Crippen LogP contribution in [0.15, 0.2) is 47.0 Å². The minimum absolute atomic E-state index is 0.134. The third-order valence-electron chi connectivity index (χ3n) is 5.68. The standard InChI is InChI=1S/C24H27N3O2/c1-15(2)19-8-6-18(7-9-19)14-27-21(11-12-22(27)28)24-25-23(26-29-24)20-10-5-16(3)13-17(20)4/h5-10,13,15,21H,11-12,14H2,1-4H3. The van der Waals surface area contributed by atoms with E-state index >= 15 is 0 Å². The summed E-state index contributed by atoms with van der Waals surface area (Å²) >= 11 is 0. The first-order chi connectivity index (χ1) is 13.9. The molecule has 0 N–H and O–H groups in total. The van der Waals surface area contributed by atoms with E-state index in [2.05, 4.69) is 61.2 Å². The number of hydrogen-bond acceptors (Lipinski definition) is 4. The smallest absolute Gasteiger partial charge is 0.249 e. The fourth-order valence-corrected chi connectivity index (χ4v) is 3.94. The summed E-state index contributed by atoms with van der Waals surface area (Å²) in [5.74, 6) is 1.73. The van der Waals surface area contributed by atoms with Crippen molar-refractivity contribution in [1.82, 2.24) is 15.0 Å². The lowest BCUT2D eigenvalue weighted by molar-refractivity contribution is -0.129. The first-order valence-corrected chi connectivity index (χ1v) is 10.2. The van der Waals surface area contributed by atoms with E-state index in [0.29, 0.717) is 37.0 Å². The van der Waals surface area contributed by atoms with E-state index in [4.69, 9.17) is 4.52 Å². The molecular formula is C24H27N3O2. The molecule has 1 saturated heterocycles. The van der Waals surface area contributed by atoms with Crippen LogP contribution in [0.5, 0.6) is 0 Å². The highest BCUT2D eigenvalue weighted by Crippen LogP contribution is 2.34. The fourth-order valence-electron chi connectivity index (χ4n) is 3.94. The summed E-state index contributed by atoms with van der Waals surface area (Å²) < 4.78 is 5.60. The number of carbonyl (C=O) groups excluding carboxylic acids is 1. The average Bonchev–Trinajstić information content (AvgIpc) is 3.30. The summed E-state index contributed by atoms with van der Waals surface area (Å²) in [6.07, 6.45) is 1.22.